The summed E-state index contributed by atoms with van der Waals surface area (Å²) in [7, 11) is 0. The highest BCUT2D eigenvalue weighted by Gasteiger charge is 2.60. The number of hydrogen-bond donors (Lipinski definition) is 0. The fraction of sp³-hybridized carbons (Fsp3) is 0.400. The summed E-state index contributed by atoms with van der Waals surface area (Å²) in [6.45, 7) is 1.06. The van der Waals surface area contributed by atoms with E-state index < -0.39 is 18.6 Å². The maximum Gasteiger partial charge on any atom is 0.329 e. The number of rotatable bonds is 5. The molecule has 4 rings (SSSR count). The standard InChI is InChI=1S/C20H19NO5/c1-11(20(25)26-10-15(22)12-5-3-2-4-6-12)21-18(23)16-13-7-8-14(9-13)17(16)19(21)24/h2-8,11,13-14,16-17H,9-10H2,1H3/t11-,13-,14-,16-,17-/m0/s1. The molecule has 0 N–H and O–H groups in total. The van der Waals surface area contributed by atoms with Gasteiger partial charge in [0.2, 0.25) is 11.8 Å². The summed E-state index contributed by atoms with van der Waals surface area (Å²) < 4.78 is 5.07. The number of hydrogen-bond acceptors (Lipinski definition) is 5. The number of esters is 1. The first-order valence-electron chi connectivity index (χ1n) is 8.79. The molecule has 2 aliphatic carbocycles. The van der Waals surface area contributed by atoms with Gasteiger partial charge in [0.25, 0.3) is 0 Å². The number of nitrogens with zero attached hydrogens (tertiary/aromatic N) is 1. The van der Waals surface area contributed by atoms with Gasteiger partial charge in [-0.1, -0.05) is 42.5 Å². The molecule has 0 unspecified atom stereocenters. The summed E-state index contributed by atoms with van der Waals surface area (Å²) in [6, 6.07) is 7.48. The largest absolute Gasteiger partial charge is 0.456 e. The first kappa shape index (κ1) is 16.7. The molecule has 1 aliphatic heterocycles. The fourth-order valence-electron chi connectivity index (χ4n) is 4.38. The molecule has 0 aromatic heterocycles. The number of carbonyl (C=O) groups excluding carboxylic acids is 4. The highest BCUT2D eigenvalue weighted by Crippen LogP contribution is 2.52. The second-order valence-electron chi connectivity index (χ2n) is 7.12. The lowest BCUT2D eigenvalue weighted by molar-refractivity contribution is -0.157. The van der Waals surface area contributed by atoms with Crippen molar-refractivity contribution in [3.63, 3.8) is 0 Å². The van der Waals surface area contributed by atoms with Crippen LogP contribution in [0.1, 0.15) is 23.7 Å². The number of likely N-dealkylation sites (tertiary alicyclic amines) is 1. The van der Waals surface area contributed by atoms with Crippen molar-refractivity contribution in [2.45, 2.75) is 19.4 Å². The maximum absolute atomic E-state index is 12.7. The Balaban J connectivity index is 1.41. The van der Waals surface area contributed by atoms with Crippen LogP contribution in [0, 0.1) is 23.7 Å². The van der Waals surface area contributed by atoms with Crippen LogP contribution in [0.5, 0.6) is 0 Å². The third kappa shape index (κ3) is 2.48. The summed E-state index contributed by atoms with van der Waals surface area (Å²) in [5.74, 6) is -2.17. The summed E-state index contributed by atoms with van der Waals surface area (Å²) in [6.07, 6.45) is 4.84. The van der Waals surface area contributed by atoms with Gasteiger partial charge in [-0.25, -0.2) is 4.79 Å². The monoisotopic (exact) mass is 353 g/mol. The number of allylic oxidation sites excluding steroid dienone is 2. The maximum atomic E-state index is 12.7. The van der Waals surface area contributed by atoms with Gasteiger partial charge >= 0.3 is 5.97 Å². The van der Waals surface area contributed by atoms with Gasteiger partial charge in [-0.15, -0.1) is 0 Å². The summed E-state index contributed by atoms with van der Waals surface area (Å²) in [4.78, 5) is 50.8. The Morgan fingerprint density at radius 1 is 1.08 bits per heavy atom. The first-order chi connectivity index (χ1) is 12.5. The molecule has 0 spiro atoms. The van der Waals surface area contributed by atoms with Crippen molar-refractivity contribution in [1.82, 2.24) is 4.90 Å². The zero-order chi connectivity index (χ0) is 18.4. The minimum Gasteiger partial charge on any atom is -0.456 e. The Kier molecular flexibility index (Phi) is 3.98. The molecule has 6 nitrogen and oxygen atoms in total. The van der Waals surface area contributed by atoms with E-state index in [4.69, 9.17) is 4.74 Å². The van der Waals surface area contributed by atoms with E-state index in [1.54, 1.807) is 30.3 Å². The second kappa shape index (κ2) is 6.20. The summed E-state index contributed by atoms with van der Waals surface area (Å²) in [5.41, 5.74) is 0.443. The zero-order valence-electron chi connectivity index (χ0n) is 14.3. The smallest absolute Gasteiger partial charge is 0.329 e. The predicted octanol–water partition coefficient (Wildman–Crippen LogP) is 1.61. The van der Waals surface area contributed by atoms with Crippen LogP contribution >= 0.6 is 0 Å². The lowest BCUT2D eigenvalue weighted by Crippen LogP contribution is -2.45. The summed E-state index contributed by atoms with van der Waals surface area (Å²) >= 11 is 0. The number of carbonyl (C=O) groups is 4. The number of ketones is 1. The summed E-state index contributed by atoms with van der Waals surface area (Å²) in [5, 5.41) is 0. The molecule has 5 atom stereocenters. The number of imide groups is 1. The van der Waals surface area contributed by atoms with Crippen LogP contribution in [0.2, 0.25) is 0 Å². The van der Waals surface area contributed by atoms with Gasteiger partial charge in [-0.3, -0.25) is 19.3 Å². The van der Waals surface area contributed by atoms with Crippen molar-refractivity contribution in [3.05, 3.63) is 48.0 Å². The van der Waals surface area contributed by atoms with Gasteiger partial charge in [0.15, 0.2) is 12.4 Å². The molecule has 6 heteroatoms. The Labute approximate surface area is 150 Å². The van der Waals surface area contributed by atoms with Crippen molar-refractivity contribution in [2.24, 2.45) is 23.7 Å². The van der Waals surface area contributed by atoms with Gasteiger partial charge in [0.1, 0.15) is 6.04 Å². The molecule has 1 aromatic rings. The number of ether oxygens (including phenoxy) is 1. The number of fused-ring (bicyclic) bond motifs is 5. The van der Waals surface area contributed by atoms with Crippen LogP contribution in [0.25, 0.3) is 0 Å². The van der Waals surface area contributed by atoms with Gasteiger partial charge in [0, 0.05) is 5.56 Å². The van der Waals surface area contributed by atoms with E-state index in [0.717, 1.165) is 11.3 Å². The molecule has 134 valence electrons. The fourth-order valence-corrected chi connectivity index (χ4v) is 4.38. The van der Waals surface area contributed by atoms with Crippen molar-refractivity contribution >= 4 is 23.6 Å². The molecule has 3 aliphatic rings. The lowest BCUT2D eigenvalue weighted by atomic mass is 9.85. The van der Waals surface area contributed by atoms with Crippen molar-refractivity contribution in [1.29, 1.82) is 0 Å². The third-order valence-corrected chi connectivity index (χ3v) is 5.67. The molecule has 1 aromatic carbocycles. The van der Waals surface area contributed by atoms with Crippen molar-refractivity contribution in [3.8, 4) is 0 Å². The molecule has 2 bridgehead atoms. The average Bonchev–Trinajstić information content (AvgIpc) is 3.33. The highest BCUT2D eigenvalue weighted by atomic mass is 16.5. The molecule has 1 heterocycles. The van der Waals surface area contributed by atoms with Gasteiger partial charge in [-0.05, 0) is 25.2 Å². The van der Waals surface area contributed by atoms with Crippen LogP contribution in [0.3, 0.4) is 0 Å². The zero-order valence-corrected chi connectivity index (χ0v) is 14.3. The van der Waals surface area contributed by atoms with E-state index in [1.807, 2.05) is 12.2 Å². The highest BCUT2D eigenvalue weighted by molar-refractivity contribution is 6.09. The minimum absolute atomic E-state index is 0.0920. The van der Waals surface area contributed by atoms with E-state index in [1.165, 1.54) is 6.92 Å². The Hall–Kier alpha value is -2.76. The van der Waals surface area contributed by atoms with E-state index >= 15 is 0 Å². The first-order valence-corrected chi connectivity index (χ1v) is 8.79. The third-order valence-electron chi connectivity index (χ3n) is 5.67. The molecule has 0 radical (unpaired) electrons. The van der Waals surface area contributed by atoms with E-state index in [0.29, 0.717) is 5.56 Å². The molecule has 2 amide bonds. The van der Waals surface area contributed by atoms with E-state index in [9.17, 15) is 19.2 Å². The Bertz CT molecular complexity index is 785. The normalized spacial score (nSPS) is 29.8. The van der Waals surface area contributed by atoms with Crippen LogP contribution < -0.4 is 0 Å². The van der Waals surface area contributed by atoms with Crippen LogP contribution in [0.4, 0.5) is 0 Å². The number of benzene rings is 1. The lowest BCUT2D eigenvalue weighted by Gasteiger charge is -2.23. The Morgan fingerprint density at radius 2 is 1.65 bits per heavy atom. The number of amides is 2. The number of Topliss-reactive ketones (excluding diaryl/α,β-unsaturated/α-hetero) is 1. The molecular formula is C20H19NO5. The van der Waals surface area contributed by atoms with E-state index in [2.05, 4.69) is 0 Å². The SMILES string of the molecule is C[C@@H](C(=O)OCC(=O)c1ccccc1)N1C(=O)[C@@H]2[C@@H](C1=O)[C@H]1C=C[C@H]2C1. The second-order valence-corrected chi connectivity index (χ2v) is 7.12. The van der Waals surface area contributed by atoms with Gasteiger partial charge in [-0.2, -0.15) is 0 Å². The van der Waals surface area contributed by atoms with Gasteiger partial charge < -0.3 is 4.74 Å². The Morgan fingerprint density at radius 3 is 2.23 bits per heavy atom. The van der Waals surface area contributed by atoms with E-state index in [-0.39, 0.29) is 41.3 Å². The van der Waals surface area contributed by atoms with Gasteiger partial charge in [0.05, 0.1) is 11.8 Å². The minimum atomic E-state index is -1.02. The molecule has 1 saturated carbocycles. The molecular weight excluding hydrogens is 334 g/mol. The van der Waals surface area contributed by atoms with Crippen molar-refractivity contribution in [2.75, 3.05) is 6.61 Å². The quantitative estimate of drug-likeness (QED) is 0.348. The van der Waals surface area contributed by atoms with Crippen molar-refractivity contribution < 1.29 is 23.9 Å². The molecule has 1 saturated heterocycles. The van der Waals surface area contributed by atoms with Crippen LogP contribution in [-0.2, 0) is 19.1 Å². The van der Waals surface area contributed by atoms with Crippen LogP contribution in [-0.4, -0.2) is 41.1 Å². The molecule has 2 fully saturated rings. The molecule has 26 heavy (non-hydrogen) atoms. The average molecular weight is 353 g/mol. The predicted molar refractivity (Wildman–Crippen MR) is 90.8 cm³/mol. The topological polar surface area (TPSA) is 80.8 Å². The van der Waals surface area contributed by atoms with Crippen LogP contribution in [0.15, 0.2) is 42.5 Å².